The van der Waals surface area contributed by atoms with Crippen molar-refractivity contribution >= 4 is 116 Å². The molecule has 0 N–H and O–H groups in total. The van der Waals surface area contributed by atoms with E-state index < -0.39 is 0 Å². The van der Waals surface area contributed by atoms with Crippen LogP contribution in [0.4, 0.5) is 51.2 Å². The lowest BCUT2D eigenvalue weighted by Gasteiger charge is -2.43. The Hall–Kier alpha value is -6.08. The van der Waals surface area contributed by atoms with Gasteiger partial charge in [0.1, 0.15) is 0 Å². The van der Waals surface area contributed by atoms with E-state index in [1.54, 1.807) is 0 Å². The maximum atomic E-state index is 2.68. The van der Waals surface area contributed by atoms with E-state index in [9.17, 15) is 0 Å². The average Bonchev–Trinajstić information content (AvgIpc) is 4.04. The third-order valence-electron chi connectivity index (χ3n) is 15.8. The summed E-state index contributed by atoms with van der Waals surface area (Å²) >= 11 is 4.10. The second-order valence-electron chi connectivity index (χ2n) is 24.5. The molecular weight excluding hydrogens is 886 g/mol. The summed E-state index contributed by atoms with van der Waals surface area (Å²) in [5.74, 6) is 0. The van der Waals surface area contributed by atoms with Crippen molar-refractivity contribution in [1.29, 1.82) is 0 Å². The Balaban J connectivity index is 1.17. The van der Waals surface area contributed by atoms with Gasteiger partial charge in [-0.05, 0) is 171 Å². The molecule has 0 radical (unpaired) electrons. The van der Waals surface area contributed by atoms with Crippen LogP contribution in [0.25, 0.3) is 20.2 Å². The van der Waals surface area contributed by atoms with E-state index in [0.717, 1.165) is 42.7 Å². The molecule has 0 bridgehead atoms. The fourth-order valence-corrected chi connectivity index (χ4v) is 15.3. The van der Waals surface area contributed by atoms with E-state index in [-0.39, 0.29) is 28.4 Å². The minimum Gasteiger partial charge on any atom is -0.310 e. The van der Waals surface area contributed by atoms with Gasteiger partial charge in [0, 0.05) is 63.8 Å². The number of thiophene rings is 2. The van der Waals surface area contributed by atoms with Gasteiger partial charge < -0.3 is 14.7 Å². The predicted molar refractivity (Wildman–Crippen MR) is 306 cm³/mol. The lowest BCUT2D eigenvalue weighted by molar-refractivity contribution is 0.392. The smallest absolute Gasteiger partial charge is 0.277 e. The van der Waals surface area contributed by atoms with Crippen LogP contribution in [0.2, 0.25) is 0 Å². The Bertz CT molecular complexity index is 3340. The highest BCUT2D eigenvalue weighted by Crippen LogP contribution is 2.54. The van der Waals surface area contributed by atoms with Crippen LogP contribution < -0.4 is 29.7 Å². The molecular formula is C64H62BN3S2. The van der Waals surface area contributed by atoms with Crippen molar-refractivity contribution in [3.8, 4) is 0 Å². The van der Waals surface area contributed by atoms with Crippen molar-refractivity contribution in [3.05, 3.63) is 179 Å². The molecule has 348 valence electrons. The Morgan fingerprint density at radius 2 is 0.829 bits per heavy atom. The zero-order valence-electron chi connectivity index (χ0n) is 42.4. The van der Waals surface area contributed by atoms with E-state index in [2.05, 4.69) is 230 Å². The average molecular weight is 948 g/mol. The van der Waals surface area contributed by atoms with E-state index in [4.69, 9.17) is 0 Å². The van der Waals surface area contributed by atoms with Crippen molar-refractivity contribution in [2.24, 2.45) is 10.8 Å². The fourth-order valence-electron chi connectivity index (χ4n) is 12.6. The van der Waals surface area contributed by atoms with Gasteiger partial charge in [0.2, 0.25) is 0 Å². The summed E-state index contributed by atoms with van der Waals surface area (Å²) in [6, 6.07) is 56.5. The van der Waals surface area contributed by atoms with Crippen molar-refractivity contribution in [2.75, 3.05) is 14.7 Å². The summed E-state index contributed by atoms with van der Waals surface area (Å²) in [4.78, 5) is 7.83. The number of benzene rings is 7. The van der Waals surface area contributed by atoms with Crippen molar-refractivity contribution in [3.63, 3.8) is 0 Å². The first-order chi connectivity index (χ1) is 33.4. The van der Waals surface area contributed by atoms with Crippen LogP contribution >= 0.6 is 22.7 Å². The lowest BCUT2D eigenvalue weighted by Crippen LogP contribution is -2.59. The third kappa shape index (κ3) is 6.94. The molecule has 0 atom stereocenters. The van der Waals surface area contributed by atoms with E-state index in [1.807, 2.05) is 22.7 Å². The first kappa shape index (κ1) is 43.9. The van der Waals surface area contributed by atoms with Gasteiger partial charge in [0.25, 0.3) is 6.71 Å². The quantitative estimate of drug-likeness (QED) is 0.159. The minimum absolute atomic E-state index is 0.0284. The molecule has 4 heterocycles. The number of rotatable bonds is 5. The van der Waals surface area contributed by atoms with Crippen LogP contribution in [-0.4, -0.2) is 6.71 Å². The summed E-state index contributed by atoms with van der Waals surface area (Å²) in [7, 11) is 0. The molecule has 0 saturated carbocycles. The number of para-hydroxylation sites is 2. The molecule has 2 aliphatic heterocycles. The highest BCUT2D eigenvalue weighted by atomic mass is 32.1. The molecule has 70 heavy (non-hydrogen) atoms. The lowest BCUT2D eigenvalue weighted by atomic mass is 9.39. The topological polar surface area (TPSA) is 9.72 Å². The molecule has 2 aromatic heterocycles. The largest absolute Gasteiger partial charge is 0.310 e. The summed E-state index contributed by atoms with van der Waals surface area (Å²) < 4.78 is 5.69. The zero-order valence-corrected chi connectivity index (χ0v) is 44.1. The van der Waals surface area contributed by atoms with E-state index in [1.165, 1.54) is 103 Å². The molecule has 7 aromatic carbocycles. The van der Waals surface area contributed by atoms with Crippen LogP contribution in [0.15, 0.2) is 146 Å². The number of anilines is 9. The molecule has 3 nitrogen and oxygen atoms in total. The summed E-state index contributed by atoms with van der Waals surface area (Å²) in [6.45, 7) is 23.7. The Morgan fingerprint density at radius 3 is 1.20 bits per heavy atom. The molecule has 0 saturated heterocycles. The van der Waals surface area contributed by atoms with Crippen molar-refractivity contribution < 1.29 is 0 Å². The highest BCUT2D eigenvalue weighted by molar-refractivity contribution is 7.40. The van der Waals surface area contributed by atoms with E-state index in [0.29, 0.717) is 0 Å². The summed E-state index contributed by atoms with van der Waals surface area (Å²) in [5, 5.41) is 2.75. The molecule has 0 amide bonds. The predicted octanol–water partition coefficient (Wildman–Crippen LogP) is 16.5. The van der Waals surface area contributed by atoms with Gasteiger partial charge in [-0.2, -0.15) is 0 Å². The molecule has 4 aliphatic rings. The monoisotopic (exact) mass is 947 g/mol. The number of hydrogen-bond donors (Lipinski definition) is 0. The summed E-state index contributed by atoms with van der Waals surface area (Å²) in [5.41, 5.74) is 21.6. The van der Waals surface area contributed by atoms with Crippen molar-refractivity contribution in [2.45, 2.75) is 106 Å². The van der Waals surface area contributed by atoms with Crippen LogP contribution in [0.5, 0.6) is 0 Å². The normalized spacial score (nSPS) is 16.3. The fraction of sp³-hybridized carbons (Fsp3) is 0.281. The van der Waals surface area contributed by atoms with E-state index >= 15 is 0 Å². The number of nitrogens with zero attached hydrogens (tertiary/aromatic N) is 3. The Labute approximate surface area is 423 Å². The van der Waals surface area contributed by atoms with Crippen molar-refractivity contribution in [1.82, 2.24) is 0 Å². The van der Waals surface area contributed by atoms with Gasteiger partial charge in [0.15, 0.2) is 0 Å². The second-order valence-corrected chi connectivity index (χ2v) is 26.7. The Morgan fingerprint density at radius 1 is 0.457 bits per heavy atom. The molecule has 13 rings (SSSR count). The van der Waals surface area contributed by atoms with Gasteiger partial charge in [-0.3, -0.25) is 0 Å². The zero-order chi connectivity index (χ0) is 48.2. The first-order valence-corrected chi connectivity index (χ1v) is 27.1. The molecule has 0 unspecified atom stereocenters. The highest BCUT2D eigenvalue weighted by Gasteiger charge is 2.48. The van der Waals surface area contributed by atoms with Gasteiger partial charge in [-0.25, -0.2) is 0 Å². The third-order valence-corrected chi connectivity index (χ3v) is 18.2. The number of hydrogen-bond acceptors (Lipinski definition) is 5. The van der Waals surface area contributed by atoms with Gasteiger partial charge >= 0.3 is 0 Å². The molecule has 9 aromatic rings. The van der Waals surface area contributed by atoms with Gasteiger partial charge in [-0.1, -0.05) is 130 Å². The maximum absolute atomic E-state index is 2.68. The SMILES string of the molecule is CC1(C)Cc2cc3sc4c(c3cc2C1)N(c1ccc(C(C)(C)C)cc1)c1cc(N(c2ccccc2)c2ccccc2)cc2c1B4c1sc3cc4c(cc3c1N2c1ccc(C(C)(C)C)cc1)CC(C)(C)C4. The first-order valence-electron chi connectivity index (χ1n) is 25.5. The standard InChI is InChI=1S/C64H62BN3S2/c1-61(2,3)43-21-25-47(26-22-43)67-52-33-49(66(45-17-13-11-14-18-45)46-19-15-12-16-20-46)34-53-56(52)65(59-57(67)50-29-39-35-63(7,8)37-41(39)31-54(50)69-59)60-58(68(53)48-27-23-44(24-28-48)62(4,5)6)51-30-40-36-64(9,10)38-42(40)32-55(51)70-60/h11-34H,35-38H2,1-10H3. The minimum atomic E-state index is 0.0284. The second kappa shape index (κ2) is 15.2. The molecule has 0 fully saturated rings. The van der Waals surface area contributed by atoms with Crippen LogP contribution in [-0.2, 0) is 36.5 Å². The Kier molecular flexibility index (Phi) is 9.55. The molecule has 2 aliphatic carbocycles. The van der Waals surface area contributed by atoms with Gasteiger partial charge in [-0.15, -0.1) is 22.7 Å². The van der Waals surface area contributed by atoms with Crippen LogP contribution in [0.1, 0.15) is 103 Å². The summed E-state index contributed by atoms with van der Waals surface area (Å²) in [6.07, 6.45) is 4.45. The van der Waals surface area contributed by atoms with Crippen LogP contribution in [0.3, 0.4) is 0 Å². The maximum Gasteiger partial charge on any atom is 0.277 e. The number of fused-ring (bicyclic) bond motifs is 10. The van der Waals surface area contributed by atoms with Gasteiger partial charge in [0.05, 0.1) is 17.1 Å². The molecule has 6 heteroatoms. The van der Waals surface area contributed by atoms with Crippen LogP contribution in [0, 0.1) is 10.8 Å². The molecule has 0 spiro atoms.